The number of aromatic nitrogens is 1. The standard InChI is InChI=1S/C33H34F3N5O2/c1-22-6-3-11-29(26-12-13-31(37-21-26)41-14-16-43-17-15-41)40-30(18-22)38-23(2)24-7-5-10-28(20-24)39-32(42)25-8-4-9-27(19-25)33(34,35)36/h3-5,7-13,18-23,38H,6,14-17H2,1-2H3,(H,39,42)/b11-3+,30-18-,40-29-/t22?,23-/m0/s1. The number of nitrogens with one attached hydrogen (secondary N) is 2. The molecule has 1 aromatic heterocycles. The summed E-state index contributed by atoms with van der Waals surface area (Å²) >= 11 is 0. The van der Waals surface area contributed by atoms with Crippen LogP contribution in [-0.2, 0) is 10.9 Å². The van der Waals surface area contributed by atoms with Gasteiger partial charge in [-0.2, -0.15) is 13.2 Å². The summed E-state index contributed by atoms with van der Waals surface area (Å²) in [5.41, 5.74) is 2.12. The summed E-state index contributed by atoms with van der Waals surface area (Å²) in [5.74, 6) is 1.28. The Morgan fingerprint density at radius 1 is 1.07 bits per heavy atom. The molecule has 3 aromatic rings. The minimum atomic E-state index is -4.53. The number of pyridine rings is 1. The Morgan fingerprint density at radius 2 is 1.86 bits per heavy atom. The SMILES string of the molecule is CC1\C=C(N[C@@H](C)c2cccc(NC(=O)c3cccc(C(F)(F)F)c3)c2)/N=C(c2ccc(N3CCOCC3)nc2)/C=C/C1. The fraction of sp³-hybridized carbons (Fsp3) is 0.303. The first-order chi connectivity index (χ1) is 20.7. The number of benzene rings is 2. The van der Waals surface area contributed by atoms with Crippen molar-refractivity contribution in [3.8, 4) is 0 Å². The van der Waals surface area contributed by atoms with E-state index in [-0.39, 0.29) is 17.5 Å². The number of halogens is 3. The highest BCUT2D eigenvalue weighted by Crippen LogP contribution is 2.30. The van der Waals surface area contributed by atoms with Crippen LogP contribution in [0.5, 0.6) is 0 Å². The van der Waals surface area contributed by atoms with Gasteiger partial charge in [-0.05, 0) is 79.4 Å². The average Bonchev–Trinajstić information content (AvgIpc) is 3.00. The Kier molecular flexibility index (Phi) is 9.25. The summed E-state index contributed by atoms with van der Waals surface area (Å²) in [6.07, 6.45) is 4.40. The Bertz CT molecular complexity index is 1530. The van der Waals surface area contributed by atoms with Gasteiger partial charge in [0.25, 0.3) is 5.91 Å². The molecule has 0 saturated carbocycles. The third kappa shape index (κ3) is 7.90. The number of allylic oxidation sites excluding steroid dienone is 3. The first kappa shape index (κ1) is 30.0. The van der Waals surface area contributed by atoms with E-state index in [0.29, 0.717) is 18.9 Å². The smallest absolute Gasteiger partial charge is 0.378 e. The molecule has 10 heteroatoms. The Hall–Kier alpha value is -4.44. The molecule has 7 nitrogen and oxygen atoms in total. The van der Waals surface area contributed by atoms with Crippen LogP contribution in [0, 0.1) is 5.92 Å². The molecule has 224 valence electrons. The summed E-state index contributed by atoms with van der Waals surface area (Å²) in [6, 6.07) is 15.5. The number of anilines is 2. The predicted octanol–water partition coefficient (Wildman–Crippen LogP) is 6.77. The summed E-state index contributed by atoms with van der Waals surface area (Å²) in [4.78, 5) is 24.6. The quantitative estimate of drug-likeness (QED) is 0.318. The highest BCUT2D eigenvalue weighted by Gasteiger charge is 2.31. The van der Waals surface area contributed by atoms with Crippen molar-refractivity contribution in [3.05, 3.63) is 113 Å². The van der Waals surface area contributed by atoms with Crippen LogP contribution in [0.25, 0.3) is 0 Å². The van der Waals surface area contributed by atoms with Gasteiger partial charge in [-0.1, -0.05) is 31.2 Å². The van der Waals surface area contributed by atoms with Gasteiger partial charge >= 0.3 is 6.18 Å². The van der Waals surface area contributed by atoms with E-state index >= 15 is 0 Å². The van der Waals surface area contributed by atoms with Crippen molar-refractivity contribution in [2.45, 2.75) is 32.5 Å². The van der Waals surface area contributed by atoms with E-state index in [1.807, 2.05) is 37.4 Å². The minimum Gasteiger partial charge on any atom is -0.378 e. The Balaban J connectivity index is 1.30. The molecule has 1 fully saturated rings. The fourth-order valence-corrected chi connectivity index (χ4v) is 4.93. The van der Waals surface area contributed by atoms with E-state index in [4.69, 9.17) is 9.73 Å². The van der Waals surface area contributed by atoms with Crippen molar-refractivity contribution < 1.29 is 22.7 Å². The van der Waals surface area contributed by atoms with Crippen LogP contribution in [0.1, 0.15) is 53.4 Å². The van der Waals surface area contributed by atoms with E-state index in [1.165, 1.54) is 12.1 Å². The van der Waals surface area contributed by atoms with Crippen molar-refractivity contribution in [2.75, 3.05) is 36.5 Å². The molecule has 2 aliphatic rings. The molecule has 0 radical (unpaired) electrons. The Morgan fingerprint density at radius 3 is 2.60 bits per heavy atom. The maximum atomic E-state index is 13.1. The van der Waals surface area contributed by atoms with E-state index in [2.05, 4.69) is 39.6 Å². The predicted molar refractivity (Wildman–Crippen MR) is 162 cm³/mol. The number of alkyl halides is 3. The van der Waals surface area contributed by atoms with Gasteiger partial charge in [0.05, 0.1) is 30.5 Å². The number of hydrogen-bond donors (Lipinski definition) is 2. The van der Waals surface area contributed by atoms with Crippen LogP contribution < -0.4 is 15.5 Å². The number of carbonyl (C=O) groups is 1. The molecule has 1 unspecified atom stereocenters. The summed E-state index contributed by atoms with van der Waals surface area (Å²) < 4.78 is 44.8. The number of ether oxygens (including phenoxy) is 1. The molecule has 0 spiro atoms. The van der Waals surface area contributed by atoms with Gasteiger partial charge in [-0.3, -0.25) is 4.79 Å². The normalized spacial score (nSPS) is 21.3. The first-order valence-electron chi connectivity index (χ1n) is 14.3. The van der Waals surface area contributed by atoms with Gasteiger partial charge < -0.3 is 20.3 Å². The molecule has 5 rings (SSSR count). The lowest BCUT2D eigenvalue weighted by atomic mass is 10.0. The number of carbonyl (C=O) groups excluding carboxylic acids is 1. The lowest BCUT2D eigenvalue weighted by Crippen LogP contribution is -2.36. The third-order valence-electron chi connectivity index (χ3n) is 7.31. The number of aliphatic imine (C=N–C) groups is 1. The Labute approximate surface area is 249 Å². The number of morpholine rings is 1. The van der Waals surface area contributed by atoms with Crippen LogP contribution in [0.15, 0.2) is 95.9 Å². The van der Waals surface area contributed by atoms with Crippen molar-refractivity contribution in [1.29, 1.82) is 0 Å². The van der Waals surface area contributed by atoms with Crippen molar-refractivity contribution in [3.63, 3.8) is 0 Å². The van der Waals surface area contributed by atoms with E-state index in [9.17, 15) is 18.0 Å². The van der Waals surface area contributed by atoms with E-state index < -0.39 is 17.6 Å². The lowest BCUT2D eigenvalue weighted by Gasteiger charge is -2.27. The topological polar surface area (TPSA) is 78.8 Å². The zero-order valence-corrected chi connectivity index (χ0v) is 24.1. The van der Waals surface area contributed by atoms with Gasteiger partial charge in [0.1, 0.15) is 11.6 Å². The summed E-state index contributed by atoms with van der Waals surface area (Å²) in [6.45, 7) is 7.13. The molecule has 3 heterocycles. The molecule has 0 bridgehead atoms. The summed E-state index contributed by atoms with van der Waals surface area (Å²) in [5, 5.41) is 6.21. The number of rotatable bonds is 7. The molecule has 1 amide bonds. The van der Waals surface area contributed by atoms with Gasteiger partial charge in [0.2, 0.25) is 0 Å². The van der Waals surface area contributed by atoms with Crippen LogP contribution in [0.3, 0.4) is 0 Å². The number of nitrogens with zero attached hydrogens (tertiary/aromatic N) is 3. The molecular formula is C33H34F3N5O2. The molecule has 1 saturated heterocycles. The molecule has 2 atom stereocenters. The van der Waals surface area contributed by atoms with Crippen LogP contribution in [0.2, 0.25) is 0 Å². The van der Waals surface area contributed by atoms with Crippen LogP contribution in [0.4, 0.5) is 24.7 Å². The molecular weight excluding hydrogens is 555 g/mol. The second-order valence-corrected chi connectivity index (χ2v) is 10.7. The van der Waals surface area contributed by atoms with Gasteiger partial charge in [-0.15, -0.1) is 0 Å². The van der Waals surface area contributed by atoms with Crippen molar-refractivity contribution in [2.24, 2.45) is 10.9 Å². The first-order valence-corrected chi connectivity index (χ1v) is 14.3. The average molecular weight is 590 g/mol. The van der Waals surface area contributed by atoms with Gasteiger partial charge in [0.15, 0.2) is 0 Å². The third-order valence-corrected chi connectivity index (χ3v) is 7.31. The molecule has 0 aliphatic carbocycles. The monoisotopic (exact) mass is 589 g/mol. The summed E-state index contributed by atoms with van der Waals surface area (Å²) in [7, 11) is 0. The highest BCUT2D eigenvalue weighted by atomic mass is 19.4. The number of hydrogen-bond acceptors (Lipinski definition) is 6. The minimum absolute atomic E-state index is 0.0672. The van der Waals surface area contributed by atoms with Crippen molar-refractivity contribution in [1.82, 2.24) is 10.3 Å². The second-order valence-electron chi connectivity index (χ2n) is 10.7. The van der Waals surface area contributed by atoms with Gasteiger partial charge in [0, 0.05) is 36.1 Å². The number of amides is 1. The largest absolute Gasteiger partial charge is 0.416 e. The molecule has 2 N–H and O–H groups in total. The van der Waals surface area contributed by atoms with Crippen LogP contribution >= 0.6 is 0 Å². The molecule has 2 aromatic carbocycles. The zero-order valence-electron chi connectivity index (χ0n) is 24.1. The van der Waals surface area contributed by atoms with E-state index in [1.54, 1.807) is 18.2 Å². The zero-order chi connectivity index (χ0) is 30.4. The lowest BCUT2D eigenvalue weighted by molar-refractivity contribution is -0.137. The fourth-order valence-electron chi connectivity index (χ4n) is 4.93. The molecule has 43 heavy (non-hydrogen) atoms. The van der Waals surface area contributed by atoms with E-state index in [0.717, 1.165) is 60.1 Å². The second kappa shape index (κ2) is 13.2. The van der Waals surface area contributed by atoms with Crippen LogP contribution in [-0.4, -0.2) is 42.9 Å². The maximum Gasteiger partial charge on any atom is 0.416 e. The highest BCUT2D eigenvalue weighted by molar-refractivity contribution is 6.09. The molecule has 2 aliphatic heterocycles. The van der Waals surface area contributed by atoms with Crippen molar-refractivity contribution >= 4 is 23.1 Å². The maximum absolute atomic E-state index is 13.1. The van der Waals surface area contributed by atoms with Gasteiger partial charge in [-0.25, -0.2) is 9.98 Å².